The van der Waals surface area contributed by atoms with Crippen LogP contribution in [-0.2, 0) is 16.0 Å². The minimum atomic E-state index is -0.122. The van der Waals surface area contributed by atoms with Gasteiger partial charge in [0.05, 0.1) is 16.6 Å². The fraction of sp³-hybridized carbons (Fsp3) is 0.364. The minimum absolute atomic E-state index is 0.0788. The third kappa shape index (κ3) is 6.92. The maximum atomic E-state index is 12.3. The van der Waals surface area contributed by atoms with Crippen LogP contribution in [0.1, 0.15) is 25.8 Å². The summed E-state index contributed by atoms with van der Waals surface area (Å²) in [5, 5.41) is 3.16. The van der Waals surface area contributed by atoms with Crippen molar-refractivity contribution in [3.63, 3.8) is 0 Å². The Morgan fingerprint density at radius 3 is 2.40 bits per heavy atom. The summed E-state index contributed by atoms with van der Waals surface area (Å²) in [4.78, 5) is 26.0. The van der Waals surface area contributed by atoms with Gasteiger partial charge in [-0.2, -0.15) is 0 Å². The van der Waals surface area contributed by atoms with Crippen LogP contribution < -0.4 is 14.8 Å². The second kappa shape index (κ2) is 11.8. The molecule has 2 amide bonds. The average molecular weight is 498 g/mol. The summed E-state index contributed by atoms with van der Waals surface area (Å²) in [6.45, 7) is 5.01. The second-order valence-corrected chi connectivity index (χ2v) is 7.78. The zero-order chi connectivity index (χ0) is 22.1. The highest BCUT2D eigenvalue weighted by molar-refractivity contribution is 9.10. The van der Waals surface area contributed by atoms with E-state index in [1.807, 2.05) is 32.0 Å². The Morgan fingerprint density at radius 2 is 1.80 bits per heavy atom. The molecule has 0 aliphatic carbocycles. The summed E-state index contributed by atoms with van der Waals surface area (Å²) < 4.78 is 11.6. The van der Waals surface area contributed by atoms with Crippen molar-refractivity contribution in [1.82, 2.24) is 4.90 Å². The standard InChI is InChI=1S/C22H26BrClN2O4/c1-4-26(5-2)22(28)14-30-20-10-8-16(13-18(20)24)25-21(27)11-7-15-6-9-19(29-3)17(23)12-15/h6,8-10,12-13H,4-5,7,11,14H2,1-3H3,(H,25,27). The highest BCUT2D eigenvalue weighted by Gasteiger charge is 2.12. The zero-order valence-corrected chi connectivity index (χ0v) is 19.7. The molecule has 2 rings (SSSR count). The quantitative estimate of drug-likeness (QED) is 0.505. The topological polar surface area (TPSA) is 67.9 Å². The molecule has 0 aliphatic rings. The highest BCUT2D eigenvalue weighted by atomic mass is 79.9. The number of carbonyl (C=O) groups excluding carboxylic acids is 2. The van der Waals surface area contributed by atoms with Gasteiger partial charge >= 0.3 is 0 Å². The lowest BCUT2D eigenvalue weighted by Crippen LogP contribution is -2.34. The molecule has 0 saturated heterocycles. The number of nitrogens with one attached hydrogen (secondary N) is 1. The smallest absolute Gasteiger partial charge is 0.260 e. The van der Waals surface area contributed by atoms with Crippen LogP contribution in [-0.4, -0.2) is 43.5 Å². The van der Waals surface area contributed by atoms with Gasteiger partial charge in [0.1, 0.15) is 11.5 Å². The first-order valence-electron chi connectivity index (χ1n) is 9.70. The van der Waals surface area contributed by atoms with Gasteiger partial charge in [0.2, 0.25) is 5.91 Å². The lowest BCUT2D eigenvalue weighted by Gasteiger charge is -2.19. The van der Waals surface area contributed by atoms with Crippen LogP contribution in [0.4, 0.5) is 5.69 Å². The molecular formula is C22H26BrClN2O4. The van der Waals surface area contributed by atoms with Crippen molar-refractivity contribution in [2.75, 3.05) is 32.1 Å². The van der Waals surface area contributed by atoms with Gasteiger partial charge in [-0.25, -0.2) is 0 Å². The number of benzene rings is 2. The number of likely N-dealkylation sites (N-methyl/N-ethyl adjacent to an activating group) is 1. The van der Waals surface area contributed by atoms with Crippen molar-refractivity contribution >= 4 is 45.0 Å². The normalized spacial score (nSPS) is 10.4. The molecule has 0 heterocycles. The number of rotatable bonds is 10. The maximum absolute atomic E-state index is 12.3. The maximum Gasteiger partial charge on any atom is 0.260 e. The lowest BCUT2D eigenvalue weighted by molar-refractivity contribution is -0.133. The molecule has 0 bridgehead atoms. The van der Waals surface area contributed by atoms with Crippen molar-refractivity contribution in [3.8, 4) is 11.5 Å². The van der Waals surface area contributed by atoms with Gasteiger partial charge in [-0.15, -0.1) is 0 Å². The van der Waals surface area contributed by atoms with E-state index in [0.29, 0.717) is 42.4 Å². The average Bonchev–Trinajstić information content (AvgIpc) is 2.72. The van der Waals surface area contributed by atoms with Gasteiger partial charge in [0.25, 0.3) is 5.91 Å². The summed E-state index contributed by atoms with van der Waals surface area (Å²) >= 11 is 9.69. The van der Waals surface area contributed by atoms with E-state index in [1.165, 1.54) is 0 Å². The molecule has 6 nitrogen and oxygen atoms in total. The number of hydrogen-bond donors (Lipinski definition) is 1. The molecule has 30 heavy (non-hydrogen) atoms. The van der Waals surface area contributed by atoms with E-state index < -0.39 is 0 Å². The number of aryl methyl sites for hydroxylation is 1. The van der Waals surface area contributed by atoms with Gasteiger partial charge in [-0.05, 0) is 72.1 Å². The fourth-order valence-electron chi connectivity index (χ4n) is 2.85. The molecule has 0 fully saturated rings. The lowest BCUT2D eigenvalue weighted by atomic mass is 10.1. The highest BCUT2D eigenvalue weighted by Crippen LogP contribution is 2.28. The molecule has 1 N–H and O–H groups in total. The van der Waals surface area contributed by atoms with E-state index in [-0.39, 0.29) is 18.4 Å². The second-order valence-electron chi connectivity index (χ2n) is 6.52. The SMILES string of the molecule is CCN(CC)C(=O)COc1ccc(NC(=O)CCc2ccc(OC)c(Br)c2)cc1Cl. The Kier molecular flexibility index (Phi) is 9.46. The number of methoxy groups -OCH3 is 1. The molecule has 162 valence electrons. The summed E-state index contributed by atoms with van der Waals surface area (Å²) in [5.41, 5.74) is 1.60. The Hall–Kier alpha value is -2.25. The van der Waals surface area contributed by atoms with Crippen molar-refractivity contribution in [2.24, 2.45) is 0 Å². The van der Waals surface area contributed by atoms with E-state index in [4.69, 9.17) is 21.1 Å². The fourth-order valence-corrected chi connectivity index (χ4v) is 3.67. The van der Waals surface area contributed by atoms with E-state index >= 15 is 0 Å². The predicted octanol–water partition coefficient (Wildman–Crippen LogP) is 4.93. The van der Waals surface area contributed by atoms with Gasteiger partial charge in [-0.3, -0.25) is 9.59 Å². The molecule has 0 spiro atoms. The van der Waals surface area contributed by atoms with E-state index in [2.05, 4.69) is 21.2 Å². The Labute approximate surface area is 190 Å². The van der Waals surface area contributed by atoms with Crippen LogP contribution >= 0.6 is 27.5 Å². The molecule has 2 aromatic rings. The third-order valence-corrected chi connectivity index (χ3v) is 5.45. The number of ether oxygens (including phenoxy) is 2. The van der Waals surface area contributed by atoms with Crippen LogP contribution in [0.25, 0.3) is 0 Å². The van der Waals surface area contributed by atoms with Crippen molar-refractivity contribution < 1.29 is 19.1 Å². The van der Waals surface area contributed by atoms with Crippen LogP contribution in [0.15, 0.2) is 40.9 Å². The first-order valence-corrected chi connectivity index (χ1v) is 10.9. The zero-order valence-electron chi connectivity index (χ0n) is 17.3. The molecule has 0 aromatic heterocycles. The summed E-state index contributed by atoms with van der Waals surface area (Å²) in [7, 11) is 1.61. The van der Waals surface area contributed by atoms with Crippen molar-refractivity contribution in [2.45, 2.75) is 26.7 Å². The summed E-state index contributed by atoms with van der Waals surface area (Å²) in [6, 6.07) is 10.7. The monoisotopic (exact) mass is 496 g/mol. The number of anilines is 1. The molecule has 0 unspecified atom stereocenters. The van der Waals surface area contributed by atoms with Crippen LogP contribution in [0, 0.1) is 0 Å². The van der Waals surface area contributed by atoms with Gasteiger partial charge < -0.3 is 19.7 Å². The number of hydrogen-bond acceptors (Lipinski definition) is 4. The van der Waals surface area contributed by atoms with E-state index in [1.54, 1.807) is 30.2 Å². The van der Waals surface area contributed by atoms with Crippen LogP contribution in [0.3, 0.4) is 0 Å². The Balaban J connectivity index is 1.88. The first-order chi connectivity index (χ1) is 14.4. The largest absolute Gasteiger partial charge is 0.496 e. The van der Waals surface area contributed by atoms with Crippen molar-refractivity contribution in [1.29, 1.82) is 0 Å². The summed E-state index contributed by atoms with van der Waals surface area (Å²) in [5.74, 6) is 0.930. The minimum Gasteiger partial charge on any atom is -0.496 e. The third-order valence-electron chi connectivity index (χ3n) is 4.54. The number of carbonyl (C=O) groups is 2. The van der Waals surface area contributed by atoms with Gasteiger partial charge in [0, 0.05) is 25.2 Å². The van der Waals surface area contributed by atoms with Gasteiger partial charge in [0.15, 0.2) is 6.61 Å². The molecule has 0 atom stereocenters. The summed E-state index contributed by atoms with van der Waals surface area (Å²) in [6.07, 6.45) is 0.920. The molecular weight excluding hydrogens is 472 g/mol. The molecule has 2 aromatic carbocycles. The number of amides is 2. The molecule has 0 radical (unpaired) electrons. The van der Waals surface area contributed by atoms with E-state index in [9.17, 15) is 9.59 Å². The predicted molar refractivity (Wildman–Crippen MR) is 123 cm³/mol. The molecule has 0 saturated carbocycles. The number of halogens is 2. The van der Waals surface area contributed by atoms with E-state index in [0.717, 1.165) is 15.8 Å². The van der Waals surface area contributed by atoms with Crippen LogP contribution in [0.5, 0.6) is 11.5 Å². The molecule has 8 heteroatoms. The number of nitrogens with zero attached hydrogens (tertiary/aromatic N) is 1. The van der Waals surface area contributed by atoms with Crippen LogP contribution in [0.2, 0.25) is 5.02 Å². The Bertz CT molecular complexity index is 887. The van der Waals surface area contributed by atoms with Gasteiger partial charge in [-0.1, -0.05) is 17.7 Å². The van der Waals surface area contributed by atoms with Crippen molar-refractivity contribution in [3.05, 3.63) is 51.5 Å². The molecule has 0 aliphatic heterocycles. The Morgan fingerprint density at radius 1 is 1.10 bits per heavy atom. The first kappa shape index (κ1) is 24.0.